The molecule has 0 rings (SSSR count). The van der Waals surface area contributed by atoms with E-state index >= 15 is 0 Å². The molecule has 0 radical (unpaired) electrons. The molecule has 1 unspecified atom stereocenters. The second-order valence-corrected chi connectivity index (χ2v) is 3.42. The summed E-state index contributed by atoms with van der Waals surface area (Å²) in [7, 11) is 0. The predicted octanol–water partition coefficient (Wildman–Crippen LogP) is 1.48. The molecule has 0 aliphatic carbocycles. The van der Waals surface area contributed by atoms with Crippen LogP contribution in [0, 0.1) is 0 Å². The van der Waals surface area contributed by atoms with Crippen molar-refractivity contribution in [1.82, 2.24) is 5.32 Å². The van der Waals surface area contributed by atoms with Gasteiger partial charge in [0.2, 0.25) is 0 Å². The molecule has 0 aromatic rings. The highest BCUT2D eigenvalue weighted by Gasteiger charge is 2.02. The molecule has 0 aliphatic rings. The lowest BCUT2D eigenvalue weighted by Gasteiger charge is -2.08. The number of hydrogen-bond acceptors (Lipinski definition) is 3. The Bertz CT molecular complexity index is 119. The first-order valence-corrected chi connectivity index (χ1v) is 4.93. The molecule has 0 aliphatic heterocycles. The van der Waals surface area contributed by atoms with Crippen molar-refractivity contribution >= 4 is 17.9 Å². The van der Waals surface area contributed by atoms with Crippen molar-refractivity contribution in [3.63, 3.8) is 0 Å². The van der Waals surface area contributed by atoms with Gasteiger partial charge in [0.25, 0.3) is 0 Å². The predicted molar refractivity (Wildman–Crippen MR) is 48.0 cm³/mol. The maximum absolute atomic E-state index is 10.7. The molecule has 0 saturated carbocycles. The van der Waals surface area contributed by atoms with Crippen molar-refractivity contribution in [2.24, 2.45) is 0 Å². The molecule has 1 amide bonds. The molecule has 4 heteroatoms. The van der Waals surface area contributed by atoms with Gasteiger partial charge in [0.1, 0.15) is 0 Å². The Labute approximate surface area is 71.9 Å². The Morgan fingerprint density at radius 2 is 2.36 bits per heavy atom. The van der Waals surface area contributed by atoms with E-state index in [1.807, 2.05) is 6.26 Å². The van der Waals surface area contributed by atoms with E-state index in [9.17, 15) is 4.79 Å². The van der Waals surface area contributed by atoms with E-state index in [2.05, 4.69) is 17.0 Å². The van der Waals surface area contributed by atoms with Crippen LogP contribution in [0.4, 0.5) is 4.79 Å². The van der Waals surface area contributed by atoms with E-state index in [0.717, 1.165) is 0 Å². The van der Waals surface area contributed by atoms with Crippen LogP contribution in [0.2, 0.25) is 0 Å². The van der Waals surface area contributed by atoms with Crippen LogP contribution < -0.4 is 5.32 Å². The quantitative estimate of drug-likeness (QED) is 0.707. The first-order chi connectivity index (χ1) is 5.20. The summed E-state index contributed by atoms with van der Waals surface area (Å²) in [6.45, 7) is 4.94. The summed E-state index contributed by atoms with van der Waals surface area (Å²) in [4.78, 5) is 10.7. The second-order valence-electron chi connectivity index (χ2n) is 2.15. The van der Waals surface area contributed by atoms with E-state index < -0.39 is 0 Å². The lowest BCUT2D eigenvalue weighted by Crippen LogP contribution is -2.29. The van der Waals surface area contributed by atoms with Gasteiger partial charge in [0.15, 0.2) is 0 Å². The Balaban J connectivity index is 3.30. The average Bonchev–Trinajstić information content (AvgIpc) is 2.01. The third kappa shape index (κ3) is 6.04. The fraction of sp³-hybridized carbons (Fsp3) is 0.857. The summed E-state index contributed by atoms with van der Waals surface area (Å²) in [5, 5.41) is 3.10. The lowest BCUT2D eigenvalue weighted by molar-refractivity contribution is 0.152. The molecule has 1 atom stereocenters. The van der Waals surface area contributed by atoms with Gasteiger partial charge in [-0.2, -0.15) is 11.8 Å². The number of ether oxygens (including phenoxy) is 1. The topological polar surface area (TPSA) is 38.3 Å². The molecular weight excluding hydrogens is 162 g/mol. The van der Waals surface area contributed by atoms with Gasteiger partial charge in [-0.1, -0.05) is 6.92 Å². The minimum Gasteiger partial charge on any atom is -0.450 e. The molecule has 0 aromatic carbocycles. The molecule has 0 aromatic heterocycles. The number of carbonyl (C=O) groups is 1. The molecule has 3 nitrogen and oxygen atoms in total. The molecule has 0 fully saturated rings. The highest BCUT2D eigenvalue weighted by Crippen LogP contribution is 2.02. The molecule has 1 N–H and O–H groups in total. The average molecular weight is 177 g/mol. The number of hydrogen-bond donors (Lipinski definition) is 1. The van der Waals surface area contributed by atoms with Crippen LogP contribution in [0.25, 0.3) is 0 Å². The zero-order valence-corrected chi connectivity index (χ0v) is 8.03. The second kappa shape index (κ2) is 6.34. The van der Waals surface area contributed by atoms with Crippen LogP contribution in [0.5, 0.6) is 0 Å². The Kier molecular flexibility index (Phi) is 6.12. The molecule has 0 saturated heterocycles. The molecule has 66 valence electrons. The van der Waals surface area contributed by atoms with Crippen molar-refractivity contribution in [2.45, 2.75) is 19.1 Å². The molecule has 11 heavy (non-hydrogen) atoms. The molecule has 0 spiro atoms. The molecular formula is C7H15NO2S. The lowest BCUT2D eigenvalue weighted by atomic mass is 10.5. The minimum absolute atomic E-state index is 0.326. The van der Waals surface area contributed by atoms with Gasteiger partial charge >= 0.3 is 6.09 Å². The summed E-state index contributed by atoms with van der Waals surface area (Å²) in [6, 6.07) is 0. The summed E-state index contributed by atoms with van der Waals surface area (Å²) >= 11 is 1.71. The van der Waals surface area contributed by atoms with Crippen LogP contribution in [0.15, 0.2) is 0 Å². The maximum Gasteiger partial charge on any atom is 0.407 e. The highest BCUT2D eigenvalue weighted by atomic mass is 32.2. The Hall–Kier alpha value is -0.380. The normalized spacial score (nSPS) is 12.3. The van der Waals surface area contributed by atoms with Crippen molar-refractivity contribution < 1.29 is 9.53 Å². The van der Waals surface area contributed by atoms with E-state index in [4.69, 9.17) is 0 Å². The van der Waals surface area contributed by atoms with Crippen LogP contribution in [-0.4, -0.2) is 30.8 Å². The van der Waals surface area contributed by atoms with Crippen molar-refractivity contribution in [1.29, 1.82) is 0 Å². The third-order valence-electron chi connectivity index (χ3n) is 1.21. The number of rotatable bonds is 4. The van der Waals surface area contributed by atoms with Crippen molar-refractivity contribution in [3.05, 3.63) is 0 Å². The van der Waals surface area contributed by atoms with Crippen LogP contribution in [0.1, 0.15) is 13.8 Å². The summed E-state index contributed by atoms with van der Waals surface area (Å²) in [5.41, 5.74) is 0. The maximum atomic E-state index is 10.7. The number of nitrogens with one attached hydrogen (secondary N) is 1. The van der Waals surface area contributed by atoms with Gasteiger partial charge in [0, 0.05) is 11.8 Å². The van der Waals surface area contributed by atoms with Crippen molar-refractivity contribution in [2.75, 3.05) is 19.4 Å². The first kappa shape index (κ1) is 10.6. The fourth-order valence-corrected chi connectivity index (χ4v) is 0.743. The first-order valence-electron chi connectivity index (χ1n) is 3.64. The van der Waals surface area contributed by atoms with E-state index in [1.165, 1.54) is 0 Å². The summed E-state index contributed by atoms with van der Waals surface area (Å²) in [5.74, 6) is 0. The fourth-order valence-electron chi connectivity index (χ4n) is 0.493. The Morgan fingerprint density at radius 1 is 1.73 bits per heavy atom. The minimum atomic E-state index is -0.326. The third-order valence-corrected chi connectivity index (χ3v) is 2.18. The van der Waals surface area contributed by atoms with Crippen LogP contribution >= 0.6 is 11.8 Å². The van der Waals surface area contributed by atoms with Crippen molar-refractivity contribution in [3.8, 4) is 0 Å². The van der Waals surface area contributed by atoms with Gasteiger partial charge in [-0.15, -0.1) is 0 Å². The Morgan fingerprint density at radius 3 is 2.82 bits per heavy atom. The van der Waals surface area contributed by atoms with E-state index in [1.54, 1.807) is 18.7 Å². The van der Waals surface area contributed by atoms with Gasteiger partial charge in [-0.05, 0) is 13.2 Å². The smallest absolute Gasteiger partial charge is 0.407 e. The van der Waals surface area contributed by atoms with E-state index in [0.29, 0.717) is 18.4 Å². The standard InChI is InChI=1S/C7H15NO2S/c1-4-10-7(9)8-5-6(2)11-3/h6H,4-5H2,1-3H3,(H,8,9). The zero-order valence-electron chi connectivity index (χ0n) is 7.22. The zero-order chi connectivity index (χ0) is 8.69. The van der Waals surface area contributed by atoms with Gasteiger partial charge < -0.3 is 10.1 Å². The molecule has 0 heterocycles. The molecule has 0 bridgehead atoms. The highest BCUT2D eigenvalue weighted by molar-refractivity contribution is 7.99. The summed E-state index contributed by atoms with van der Waals surface area (Å²) in [6.07, 6.45) is 1.69. The number of amides is 1. The number of carbonyl (C=O) groups excluding carboxylic acids is 1. The van der Waals surface area contributed by atoms with Gasteiger partial charge in [-0.3, -0.25) is 0 Å². The van der Waals surface area contributed by atoms with Crippen LogP contribution in [-0.2, 0) is 4.74 Å². The largest absolute Gasteiger partial charge is 0.450 e. The SMILES string of the molecule is CCOC(=O)NCC(C)SC. The van der Waals surface area contributed by atoms with E-state index in [-0.39, 0.29) is 6.09 Å². The number of alkyl carbamates (subject to hydrolysis) is 1. The monoisotopic (exact) mass is 177 g/mol. The van der Waals surface area contributed by atoms with Crippen LogP contribution in [0.3, 0.4) is 0 Å². The van der Waals surface area contributed by atoms with Gasteiger partial charge in [0.05, 0.1) is 6.61 Å². The summed E-state index contributed by atoms with van der Waals surface area (Å²) < 4.78 is 4.68. The number of thioether (sulfide) groups is 1. The van der Waals surface area contributed by atoms with Gasteiger partial charge in [-0.25, -0.2) is 4.79 Å².